The molecule has 4 rings (SSSR count). The van der Waals surface area contributed by atoms with Crippen molar-refractivity contribution in [1.82, 2.24) is 10.2 Å². The van der Waals surface area contributed by atoms with E-state index >= 15 is 0 Å². The van der Waals surface area contributed by atoms with E-state index in [0.29, 0.717) is 5.11 Å². The Labute approximate surface area is 146 Å². The maximum atomic E-state index is 5.67. The number of nitrogens with one attached hydrogen (secondary N) is 2. The summed E-state index contributed by atoms with van der Waals surface area (Å²) in [5, 5.41) is 11.4. The topological polar surface area (TPSA) is 44.0 Å². The van der Waals surface area contributed by atoms with Gasteiger partial charge in [0, 0.05) is 16.9 Å². The van der Waals surface area contributed by atoms with Crippen molar-refractivity contribution < 1.29 is 0 Å². The minimum absolute atomic E-state index is 0.00333. The quantitative estimate of drug-likeness (QED) is 0.685. The van der Waals surface area contributed by atoms with Crippen molar-refractivity contribution in [2.45, 2.75) is 19.9 Å². The van der Waals surface area contributed by atoms with E-state index in [9.17, 15) is 0 Å². The van der Waals surface area contributed by atoms with E-state index in [1.165, 1.54) is 11.1 Å². The number of hydrogen-bond donors (Lipinski definition) is 2. The largest absolute Gasteiger partial charge is 0.315 e. The van der Waals surface area contributed by atoms with Crippen LogP contribution in [0.15, 0.2) is 54.6 Å². The molecule has 120 valence electrons. The molecule has 0 amide bonds. The minimum Gasteiger partial charge on any atom is -0.315 e. The van der Waals surface area contributed by atoms with Crippen molar-refractivity contribution in [1.29, 1.82) is 0 Å². The standard InChI is InChI=1S/C19H18N4S/c1-12-8-10-15(11-9-12)23-17(14-6-4-3-5-7-14)16-13(2)21-22-18(16)20-19(23)24/h3-11,17H,1-2H3,(H2,20,21,22,24). The molecule has 3 aromatic rings. The minimum atomic E-state index is -0.00333. The number of benzene rings is 2. The first kappa shape index (κ1) is 14.9. The van der Waals surface area contributed by atoms with Crippen LogP contribution in [-0.4, -0.2) is 15.3 Å². The Morgan fingerprint density at radius 3 is 2.42 bits per heavy atom. The molecule has 2 heterocycles. The average molecular weight is 334 g/mol. The predicted octanol–water partition coefficient (Wildman–Crippen LogP) is 4.33. The van der Waals surface area contributed by atoms with E-state index in [0.717, 1.165) is 22.8 Å². The molecule has 0 fully saturated rings. The first-order chi connectivity index (χ1) is 11.6. The molecule has 4 nitrogen and oxygen atoms in total. The summed E-state index contributed by atoms with van der Waals surface area (Å²) in [6.45, 7) is 4.13. The zero-order valence-electron chi connectivity index (χ0n) is 13.6. The van der Waals surface area contributed by atoms with Crippen molar-refractivity contribution in [3.05, 3.63) is 77.0 Å². The van der Waals surface area contributed by atoms with Gasteiger partial charge in [0.05, 0.1) is 6.04 Å². The van der Waals surface area contributed by atoms with Crippen molar-refractivity contribution in [3.8, 4) is 0 Å². The number of rotatable bonds is 2. The normalized spacial score (nSPS) is 16.7. The van der Waals surface area contributed by atoms with Gasteiger partial charge >= 0.3 is 0 Å². The van der Waals surface area contributed by atoms with E-state index in [2.05, 4.69) is 75.9 Å². The van der Waals surface area contributed by atoms with Crippen LogP contribution < -0.4 is 10.2 Å². The lowest BCUT2D eigenvalue weighted by atomic mass is 9.95. The van der Waals surface area contributed by atoms with Gasteiger partial charge in [-0.05, 0) is 43.8 Å². The number of nitrogens with zero attached hydrogens (tertiary/aromatic N) is 2. The Morgan fingerprint density at radius 1 is 1.00 bits per heavy atom. The molecule has 0 aliphatic carbocycles. The monoisotopic (exact) mass is 334 g/mol. The molecule has 1 unspecified atom stereocenters. The highest BCUT2D eigenvalue weighted by Crippen LogP contribution is 2.41. The van der Waals surface area contributed by atoms with E-state index in [4.69, 9.17) is 12.2 Å². The van der Waals surface area contributed by atoms with Gasteiger partial charge < -0.3 is 10.2 Å². The third-order valence-electron chi connectivity index (χ3n) is 4.40. The number of hydrogen-bond acceptors (Lipinski definition) is 2. The summed E-state index contributed by atoms with van der Waals surface area (Å²) in [5.74, 6) is 0.815. The van der Waals surface area contributed by atoms with Crippen LogP contribution in [0.2, 0.25) is 0 Å². The summed E-state index contributed by atoms with van der Waals surface area (Å²) >= 11 is 5.67. The summed E-state index contributed by atoms with van der Waals surface area (Å²) < 4.78 is 0. The number of aryl methyl sites for hydroxylation is 2. The van der Waals surface area contributed by atoms with Crippen LogP contribution in [0.5, 0.6) is 0 Å². The number of aromatic amines is 1. The van der Waals surface area contributed by atoms with Crippen LogP contribution in [0.1, 0.15) is 28.4 Å². The van der Waals surface area contributed by atoms with Gasteiger partial charge in [-0.2, -0.15) is 5.10 Å². The summed E-state index contributed by atoms with van der Waals surface area (Å²) in [6.07, 6.45) is 0. The molecule has 0 radical (unpaired) electrons. The molecule has 0 saturated heterocycles. The van der Waals surface area contributed by atoms with Gasteiger partial charge in [0.25, 0.3) is 0 Å². The predicted molar refractivity (Wildman–Crippen MR) is 101 cm³/mol. The second-order valence-electron chi connectivity index (χ2n) is 6.06. The third-order valence-corrected chi connectivity index (χ3v) is 4.70. The maximum Gasteiger partial charge on any atom is 0.180 e. The lowest BCUT2D eigenvalue weighted by Crippen LogP contribution is -2.42. The highest BCUT2D eigenvalue weighted by Gasteiger charge is 2.35. The van der Waals surface area contributed by atoms with Crippen LogP contribution in [0, 0.1) is 13.8 Å². The van der Waals surface area contributed by atoms with Crippen molar-refractivity contribution in [2.75, 3.05) is 10.2 Å². The van der Waals surface area contributed by atoms with Gasteiger partial charge in [0.2, 0.25) is 0 Å². The summed E-state index contributed by atoms with van der Waals surface area (Å²) in [6, 6.07) is 18.9. The second kappa shape index (κ2) is 5.76. The molecule has 1 aliphatic heterocycles. The van der Waals surface area contributed by atoms with E-state index in [1.54, 1.807) is 0 Å². The van der Waals surface area contributed by atoms with Crippen molar-refractivity contribution in [2.24, 2.45) is 0 Å². The zero-order chi connectivity index (χ0) is 16.7. The van der Waals surface area contributed by atoms with Gasteiger partial charge in [0.1, 0.15) is 0 Å². The first-order valence-corrected chi connectivity index (χ1v) is 8.32. The zero-order valence-corrected chi connectivity index (χ0v) is 14.4. The van der Waals surface area contributed by atoms with Gasteiger partial charge in [-0.25, -0.2) is 0 Å². The highest BCUT2D eigenvalue weighted by atomic mass is 32.1. The van der Waals surface area contributed by atoms with Crippen LogP contribution in [0.4, 0.5) is 11.5 Å². The summed E-state index contributed by atoms with van der Waals surface area (Å²) in [4.78, 5) is 2.16. The van der Waals surface area contributed by atoms with Crippen LogP contribution in [0.25, 0.3) is 0 Å². The molecule has 2 N–H and O–H groups in total. The molecule has 1 aromatic heterocycles. The third kappa shape index (κ3) is 2.37. The van der Waals surface area contributed by atoms with Crippen LogP contribution in [-0.2, 0) is 0 Å². The number of anilines is 2. The average Bonchev–Trinajstić information content (AvgIpc) is 2.96. The molecule has 1 aliphatic rings. The number of aromatic nitrogens is 2. The van der Waals surface area contributed by atoms with E-state index < -0.39 is 0 Å². The fourth-order valence-electron chi connectivity index (χ4n) is 3.20. The van der Waals surface area contributed by atoms with Crippen molar-refractivity contribution in [3.63, 3.8) is 0 Å². The molecule has 0 spiro atoms. The molecular weight excluding hydrogens is 316 g/mol. The highest BCUT2D eigenvalue weighted by molar-refractivity contribution is 7.80. The SMILES string of the molecule is Cc1ccc(N2C(=S)Nc3n[nH]c(C)c3C2c2ccccc2)cc1. The molecule has 1 atom stereocenters. The molecule has 0 bridgehead atoms. The number of fused-ring (bicyclic) bond motifs is 1. The Kier molecular flexibility index (Phi) is 3.58. The van der Waals surface area contributed by atoms with Gasteiger partial charge in [-0.3, -0.25) is 5.10 Å². The van der Waals surface area contributed by atoms with Gasteiger partial charge in [0.15, 0.2) is 10.9 Å². The first-order valence-electron chi connectivity index (χ1n) is 7.92. The number of H-pyrrole nitrogens is 1. The molecule has 0 saturated carbocycles. The molecule has 2 aromatic carbocycles. The Hall–Kier alpha value is -2.66. The summed E-state index contributed by atoms with van der Waals surface area (Å²) in [5.41, 5.74) is 5.67. The summed E-state index contributed by atoms with van der Waals surface area (Å²) in [7, 11) is 0. The fraction of sp³-hybridized carbons (Fsp3) is 0.158. The fourth-order valence-corrected chi connectivity index (χ4v) is 3.51. The van der Waals surface area contributed by atoms with Crippen LogP contribution in [0.3, 0.4) is 0 Å². The lowest BCUT2D eigenvalue weighted by Gasteiger charge is -2.38. The van der Waals surface area contributed by atoms with Crippen molar-refractivity contribution >= 4 is 28.8 Å². The lowest BCUT2D eigenvalue weighted by molar-refractivity contribution is 0.826. The molecular formula is C19H18N4S. The van der Waals surface area contributed by atoms with E-state index in [-0.39, 0.29) is 6.04 Å². The molecule has 5 heteroatoms. The van der Waals surface area contributed by atoms with Gasteiger partial charge in [-0.15, -0.1) is 0 Å². The maximum absolute atomic E-state index is 5.67. The molecule has 24 heavy (non-hydrogen) atoms. The Balaban J connectivity index is 1.92. The Morgan fingerprint density at radius 2 is 1.71 bits per heavy atom. The Bertz CT molecular complexity index is 883. The second-order valence-corrected chi connectivity index (χ2v) is 6.45. The number of thiocarbonyl (C=S) groups is 1. The van der Waals surface area contributed by atoms with Crippen LogP contribution >= 0.6 is 12.2 Å². The van der Waals surface area contributed by atoms with Gasteiger partial charge in [-0.1, -0.05) is 48.0 Å². The van der Waals surface area contributed by atoms with E-state index in [1.807, 2.05) is 13.0 Å². The smallest absolute Gasteiger partial charge is 0.180 e.